The van der Waals surface area contributed by atoms with Gasteiger partial charge in [-0.3, -0.25) is 4.99 Å². The van der Waals surface area contributed by atoms with Crippen molar-refractivity contribution in [3.63, 3.8) is 0 Å². The first-order valence-corrected chi connectivity index (χ1v) is 8.96. The summed E-state index contributed by atoms with van der Waals surface area (Å²) in [5.41, 5.74) is 3.25. The predicted octanol–water partition coefficient (Wildman–Crippen LogP) is 2.75. The third kappa shape index (κ3) is 4.62. The van der Waals surface area contributed by atoms with Crippen LogP contribution in [-0.2, 0) is 13.1 Å². The van der Waals surface area contributed by atoms with E-state index in [0.717, 1.165) is 28.3 Å². The second kappa shape index (κ2) is 9.45. The molecule has 0 aliphatic rings. The molecule has 0 aliphatic carbocycles. The van der Waals surface area contributed by atoms with E-state index in [2.05, 4.69) is 32.7 Å². The van der Waals surface area contributed by atoms with Crippen molar-refractivity contribution in [1.29, 1.82) is 0 Å². The van der Waals surface area contributed by atoms with Gasteiger partial charge in [-0.05, 0) is 23.8 Å². The maximum atomic E-state index is 5.45. The topological polar surface area (TPSA) is 72.7 Å². The molecule has 1 heterocycles. The minimum absolute atomic E-state index is 0.579. The van der Waals surface area contributed by atoms with Crippen molar-refractivity contribution in [3.05, 3.63) is 72.3 Å². The van der Waals surface area contributed by atoms with Crippen LogP contribution in [0.25, 0.3) is 5.69 Å². The summed E-state index contributed by atoms with van der Waals surface area (Å²) in [4.78, 5) is 8.44. The number of rotatable bonds is 7. The molecule has 2 N–H and O–H groups in total. The third-order valence-electron chi connectivity index (χ3n) is 4.38. The molecular formula is C21H25N5O2. The Morgan fingerprint density at radius 2 is 1.82 bits per heavy atom. The number of benzene rings is 2. The maximum absolute atomic E-state index is 5.45. The van der Waals surface area contributed by atoms with Crippen molar-refractivity contribution in [2.24, 2.45) is 4.99 Å². The zero-order valence-corrected chi connectivity index (χ0v) is 16.3. The van der Waals surface area contributed by atoms with E-state index in [9.17, 15) is 0 Å². The Kier molecular flexibility index (Phi) is 6.51. The standard InChI is InChI=1S/C21H25N5O2/c1-22-21(25-14-17-8-9-18(27-2)12-20(17)28-3)24-13-16-6-4-5-7-19(16)26-11-10-23-15-26/h4-12,15H,13-14H2,1-3H3,(H2,22,24,25). The molecule has 7 nitrogen and oxygen atoms in total. The number of hydrogen-bond acceptors (Lipinski definition) is 4. The molecule has 1 aromatic heterocycles. The van der Waals surface area contributed by atoms with E-state index in [0.29, 0.717) is 19.0 Å². The molecule has 28 heavy (non-hydrogen) atoms. The average Bonchev–Trinajstić information content (AvgIpc) is 3.28. The zero-order valence-electron chi connectivity index (χ0n) is 16.3. The number of ether oxygens (including phenoxy) is 2. The Labute approximate surface area is 165 Å². The number of nitrogens with one attached hydrogen (secondary N) is 2. The van der Waals surface area contributed by atoms with Crippen LogP contribution >= 0.6 is 0 Å². The van der Waals surface area contributed by atoms with Crippen LogP contribution in [0, 0.1) is 0 Å². The van der Waals surface area contributed by atoms with E-state index in [4.69, 9.17) is 9.47 Å². The smallest absolute Gasteiger partial charge is 0.191 e. The lowest BCUT2D eigenvalue weighted by Gasteiger charge is -2.16. The molecule has 7 heteroatoms. The van der Waals surface area contributed by atoms with E-state index in [1.807, 2.05) is 41.1 Å². The first-order chi connectivity index (χ1) is 13.7. The quantitative estimate of drug-likeness (QED) is 0.488. The Bertz CT molecular complexity index is 922. The van der Waals surface area contributed by atoms with Gasteiger partial charge in [0.15, 0.2) is 5.96 Å². The fourth-order valence-corrected chi connectivity index (χ4v) is 2.89. The molecule has 2 aromatic carbocycles. The fraction of sp³-hybridized carbons (Fsp3) is 0.238. The van der Waals surface area contributed by atoms with Crippen molar-refractivity contribution in [2.45, 2.75) is 13.1 Å². The summed E-state index contributed by atoms with van der Waals surface area (Å²) in [5.74, 6) is 2.24. The molecule has 0 spiro atoms. The number of aliphatic imine (C=N–C) groups is 1. The van der Waals surface area contributed by atoms with E-state index in [1.54, 1.807) is 33.8 Å². The normalized spacial score (nSPS) is 11.2. The maximum Gasteiger partial charge on any atom is 0.191 e. The summed E-state index contributed by atoms with van der Waals surface area (Å²) < 4.78 is 12.7. The van der Waals surface area contributed by atoms with Gasteiger partial charge >= 0.3 is 0 Å². The van der Waals surface area contributed by atoms with Gasteiger partial charge in [-0.15, -0.1) is 0 Å². The molecule has 146 valence electrons. The molecule has 0 saturated heterocycles. The van der Waals surface area contributed by atoms with Gasteiger partial charge in [-0.25, -0.2) is 4.98 Å². The molecule has 0 amide bonds. The lowest BCUT2D eigenvalue weighted by Crippen LogP contribution is -2.36. The largest absolute Gasteiger partial charge is 0.497 e. The van der Waals surface area contributed by atoms with Crippen molar-refractivity contribution >= 4 is 5.96 Å². The second-order valence-electron chi connectivity index (χ2n) is 6.06. The van der Waals surface area contributed by atoms with Crippen LogP contribution in [0.15, 0.2) is 66.2 Å². The van der Waals surface area contributed by atoms with Gasteiger partial charge < -0.3 is 24.7 Å². The van der Waals surface area contributed by atoms with E-state index in [-0.39, 0.29) is 0 Å². The minimum Gasteiger partial charge on any atom is -0.497 e. The highest BCUT2D eigenvalue weighted by Gasteiger charge is 2.08. The van der Waals surface area contributed by atoms with Crippen LogP contribution in [0.2, 0.25) is 0 Å². The lowest BCUT2D eigenvalue weighted by molar-refractivity contribution is 0.390. The lowest BCUT2D eigenvalue weighted by atomic mass is 10.1. The van der Waals surface area contributed by atoms with Crippen LogP contribution in [0.3, 0.4) is 0 Å². The van der Waals surface area contributed by atoms with Crippen molar-refractivity contribution in [2.75, 3.05) is 21.3 Å². The summed E-state index contributed by atoms with van der Waals surface area (Å²) in [6, 6.07) is 14.0. The number of imidazole rings is 1. The monoisotopic (exact) mass is 379 g/mol. The number of guanidine groups is 1. The number of methoxy groups -OCH3 is 2. The molecule has 3 rings (SSSR count). The minimum atomic E-state index is 0.579. The number of hydrogen-bond donors (Lipinski definition) is 2. The molecule has 0 radical (unpaired) electrons. The molecule has 0 fully saturated rings. The Hall–Kier alpha value is -3.48. The Morgan fingerprint density at radius 3 is 2.50 bits per heavy atom. The van der Waals surface area contributed by atoms with Crippen LogP contribution < -0.4 is 20.1 Å². The van der Waals surface area contributed by atoms with Gasteiger partial charge in [-0.1, -0.05) is 18.2 Å². The Morgan fingerprint density at radius 1 is 1.04 bits per heavy atom. The van der Waals surface area contributed by atoms with E-state index in [1.165, 1.54) is 0 Å². The van der Waals surface area contributed by atoms with Gasteiger partial charge in [0, 0.05) is 44.2 Å². The summed E-state index contributed by atoms with van der Waals surface area (Å²) in [6.45, 7) is 1.21. The highest BCUT2D eigenvalue weighted by Crippen LogP contribution is 2.24. The van der Waals surface area contributed by atoms with E-state index >= 15 is 0 Å². The number of nitrogens with zero attached hydrogens (tertiary/aromatic N) is 3. The van der Waals surface area contributed by atoms with Gasteiger partial charge in [0.05, 0.1) is 26.2 Å². The highest BCUT2D eigenvalue weighted by atomic mass is 16.5. The predicted molar refractivity (Wildman–Crippen MR) is 110 cm³/mol. The zero-order chi connectivity index (χ0) is 19.8. The number of aromatic nitrogens is 2. The Balaban J connectivity index is 1.64. The van der Waals surface area contributed by atoms with Gasteiger partial charge in [0.2, 0.25) is 0 Å². The van der Waals surface area contributed by atoms with Crippen molar-refractivity contribution < 1.29 is 9.47 Å². The first kappa shape index (κ1) is 19.3. The molecule has 0 aliphatic heterocycles. The van der Waals surface area contributed by atoms with E-state index < -0.39 is 0 Å². The van der Waals surface area contributed by atoms with Crippen LogP contribution in [0.4, 0.5) is 0 Å². The molecule has 0 saturated carbocycles. The molecule has 0 unspecified atom stereocenters. The third-order valence-corrected chi connectivity index (χ3v) is 4.38. The van der Waals surface area contributed by atoms with Crippen LogP contribution in [0.5, 0.6) is 11.5 Å². The van der Waals surface area contributed by atoms with Crippen LogP contribution in [-0.4, -0.2) is 36.8 Å². The van der Waals surface area contributed by atoms with Crippen molar-refractivity contribution in [1.82, 2.24) is 20.2 Å². The molecule has 0 atom stereocenters. The first-order valence-electron chi connectivity index (χ1n) is 8.96. The van der Waals surface area contributed by atoms with Crippen LogP contribution in [0.1, 0.15) is 11.1 Å². The SMILES string of the molecule is CN=C(NCc1ccc(OC)cc1OC)NCc1ccccc1-n1ccnc1. The molecule has 0 bridgehead atoms. The number of para-hydroxylation sites is 1. The fourth-order valence-electron chi connectivity index (χ4n) is 2.89. The van der Waals surface area contributed by atoms with Gasteiger partial charge in [-0.2, -0.15) is 0 Å². The van der Waals surface area contributed by atoms with Crippen molar-refractivity contribution in [3.8, 4) is 17.2 Å². The highest BCUT2D eigenvalue weighted by molar-refractivity contribution is 5.79. The molecule has 3 aromatic rings. The summed E-state index contributed by atoms with van der Waals surface area (Å²) in [7, 11) is 5.04. The second-order valence-corrected chi connectivity index (χ2v) is 6.06. The average molecular weight is 379 g/mol. The van der Waals surface area contributed by atoms with Gasteiger partial charge in [0.25, 0.3) is 0 Å². The summed E-state index contributed by atoms with van der Waals surface area (Å²) >= 11 is 0. The summed E-state index contributed by atoms with van der Waals surface area (Å²) in [6.07, 6.45) is 5.50. The summed E-state index contributed by atoms with van der Waals surface area (Å²) in [5, 5.41) is 6.68. The molecular weight excluding hydrogens is 354 g/mol. The van der Waals surface area contributed by atoms with Gasteiger partial charge in [0.1, 0.15) is 11.5 Å².